The van der Waals surface area contributed by atoms with E-state index in [1.165, 1.54) is 0 Å². The Morgan fingerprint density at radius 1 is 1.55 bits per heavy atom. The monoisotopic (exact) mass is 233 g/mol. The van der Waals surface area contributed by atoms with E-state index < -0.39 is 17.3 Å². The first-order valence-corrected chi connectivity index (χ1v) is 3.98. The van der Waals surface area contributed by atoms with Gasteiger partial charge in [-0.15, -0.1) is 0 Å². The first-order chi connectivity index (χ1) is 5.02. The van der Waals surface area contributed by atoms with Gasteiger partial charge in [-0.05, 0) is 15.9 Å². The van der Waals surface area contributed by atoms with E-state index in [9.17, 15) is 13.2 Å². The molecule has 1 aliphatic rings. The van der Waals surface area contributed by atoms with Crippen LogP contribution >= 0.6 is 15.9 Å². The van der Waals surface area contributed by atoms with Gasteiger partial charge in [-0.2, -0.15) is 8.78 Å². The molecule has 1 heterocycles. The van der Waals surface area contributed by atoms with Crippen LogP contribution in [0.25, 0.3) is 0 Å². The minimum Gasteiger partial charge on any atom is -0.311 e. The normalized spacial score (nSPS) is 22.9. The molecule has 0 saturated carbocycles. The third kappa shape index (κ3) is 2.31. The Kier molecular flexibility index (Phi) is 2.77. The highest BCUT2D eigenvalue weighted by atomic mass is 79.9. The Balaban J connectivity index is 2.32. The average Bonchev–Trinajstić information content (AvgIpc) is 1.79. The third-order valence-corrected chi connectivity index (χ3v) is 1.85. The van der Waals surface area contributed by atoms with Gasteiger partial charge in [0.2, 0.25) is 5.08 Å². The number of halogens is 4. The van der Waals surface area contributed by atoms with E-state index in [4.69, 9.17) is 0 Å². The lowest BCUT2D eigenvalue weighted by Crippen LogP contribution is -2.52. The molecule has 0 spiro atoms. The molecule has 1 atom stereocenters. The van der Waals surface area contributed by atoms with Gasteiger partial charge in [0.25, 0.3) is 0 Å². The largest absolute Gasteiger partial charge is 0.397 e. The summed E-state index contributed by atoms with van der Waals surface area (Å²) >= 11 is 2.12. The summed E-state index contributed by atoms with van der Waals surface area (Å²) in [4.78, 5) is 0. The summed E-state index contributed by atoms with van der Waals surface area (Å²) < 4.78 is 40.8. The molecule has 2 nitrogen and oxygen atoms in total. The van der Waals surface area contributed by atoms with Crippen molar-refractivity contribution in [3.8, 4) is 0 Å². The van der Waals surface area contributed by atoms with Gasteiger partial charge in [0.05, 0.1) is 6.10 Å². The van der Waals surface area contributed by atoms with Gasteiger partial charge < -0.3 is 10.1 Å². The highest BCUT2D eigenvalue weighted by molar-refractivity contribution is 9.09. The maximum absolute atomic E-state index is 12.3. The first-order valence-electron chi connectivity index (χ1n) is 3.07. The van der Waals surface area contributed by atoms with Gasteiger partial charge in [-0.3, -0.25) is 0 Å². The minimum atomic E-state index is -3.72. The molecule has 0 amide bonds. The third-order valence-electron chi connectivity index (χ3n) is 1.32. The van der Waals surface area contributed by atoms with Gasteiger partial charge in [0.15, 0.2) is 0 Å². The van der Waals surface area contributed by atoms with Crippen molar-refractivity contribution in [2.75, 3.05) is 13.1 Å². The van der Waals surface area contributed by atoms with E-state index in [1.54, 1.807) is 0 Å². The fourth-order valence-electron chi connectivity index (χ4n) is 0.619. The van der Waals surface area contributed by atoms with Crippen LogP contribution in [0.15, 0.2) is 0 Å². The van der Waals surface area contributed by atoms with Crippen molar-refractivity contribution in [1.29, 1.82) is 0 Å². The second kappa shape index (κ2) is 3.28. The van der Waals surface area contributed by atoms with Crippen LogP contribution in [0.5, 0.6) is 0 Å². The zero-order chi connectivity index (χ0) is 8.48. The molecule has 66 valence electrons. The standard InChI is InChI=1S/C5H7BrF3NO/c6-4(7)5(8,9)11-3-1-10-2-3/h3-4,10H,1-2H2. The second-order valence-corrected chi connectivity index (χ2v) is 3.06. The molecule has 1 saturated heterocycles. The number of hydrogen-bond donors (Lipinski definition) is 1. The zero-order valence-corrected chi connectivity index (χ0v) is 7.08. The molecule has 0 bridgehead atoms. The van der Waals surface area contributed by atoms with Crippen molar-refractivity contribution < 1.29 is 17.9 Å². The Hall–Kier alpha value is 0.190. The van der Waals surface area contributed by atoms with Gasteiger partial charge >= 0.3 is 6.11 Å². The lowest BCUT2D eigenvalue weighted by Gasteiger charge is -2.30. The fraction of sp³-hybridized carbons (Fsp3) is 1.00. The van der Waals surface area contributed by atoms with Crippen LogP contribution in [0.4, 0.5) is 13.2 Å². The maximum Gasteiger partial charge on any atom is 0.397 e. The van der Waals surface area contributed by atoms with Crippen molar-refractivity contribution >= 4 is 15.9 Å². The number of ether oxygens (including phenoxy) is 1. The van der Waals surface area contributed by atoms with E-state index >= 15 is 0 Å². The second-order valence-electron chi connectivity index (χ2n) is 2.26. The SMILES string of the molecule is FC(Br)C(F)(F)OC1CNC1. The molecule has 0 aliphatic carbocycles. The summed E-state index contributed by atoms with van der Waals surface area (Å²) in [6.45, 7) is 0.713. The molecular weight excluding hydrogens is 227 g/mol. The Bertz CT molecular complexity index is 140. The molecule has 1 fully saturated rings. The summed E-state index contributed by atoms with van der Waals surface area (Å²) in [7, 11) is 0. The van der Waals surface area contributed by atoms with Crippen molar-refractivity contribution in [1.82, 2.24) is 5.32 Å². The highest BCUT2D eigenvalue weighted by Gasteiger charge is 2.43. The summed E-state index contributed by atoms with van der Waals surface area (Å²) in [5, 5.41) is 0.292. The van der Waals surface area contributed by atoms with Crippen LogP contribution < -0.4 is 5.32 Å². The predicted octanol–water partition coefficient (Wildman–Crippen LogP) is 1.26. The van der Waals surface area contributed by atoms with Crippen LogP contribution in [0, 0.1) is 0 Å². The molecule has 1 N–H and O–H groups in total. The van der Waals surface area contributed by atoms with E-state index in [1.807, 2.05) is 0 Å². The summed E-state index contributed by atoms with van der Waals surface area (Å²) in [6.07, 6.45) is -4.28. The van der Waals surface area contributed by atoms with Crippen LogP contribution in [-0.4, -0.2) is 30.4 Å². The van der Waals surface area contributed by atoms with Crippen molar-refractivity contribution in [3.63, 3.8) is 0 Å². The summed E-state index contributed by atoms with van der Waals surface area (Å²) in [5.41, 5.74) is 0. The number of hydrogen-bond acceptors (Lipinski definition) is 2. The minimum absolute atomic E-state index is 0.356. The Labute approximate surface area is 70.2 Å². The van der Waals surface area contributed by atoms with E-state index in [0.717, 1.165) is 0 Å². The lowest BCUT2D eigenvalue weighted by atomic mass is 10.2. The smallest absolute Gasteiger partial charge is 0.311 e. The number of alkyl halides is 4. The van der Waals surface area contributed by atoms with E-state index in [2.05, 4.69) is 26.0 Å². The van der Waals surface area contributed by atoms with Gasteiger partial charge in [-0.1, -0.05) is 0 Å². The van der Waals surface area contributed by atoms with Gasteiger partial charge in [0, 0.05) is 13.1 Å². The van der Waals surface area contributed by atoms with Crippen molar-refractivity contribution in [2.24, 2.45) is 0 Å². The van der Waals surface area contributed by atoms with Crippen molar-refractivity contribution in [2.45, 2.75) is 17.3 Å². The molecule has 0 radical (unpaired) electrons. The van der Waals surface area contributed by atoms with Crippen LogP contribution in [0.2, 0.25) is 0 Å². The molecular formula is C5H7BrF3NO. The fourth-order valence-corrected chi connectivity index (χ4v) is 0.727. The molecule has 0 aromatic carbocycles. The zero-order valence-electron chi connectivity index (χ0n) is 5.49. The maximum atomic E-state index is 12.3. The highest BCUT2D eigenvalue weighted by Crippen LogP contribution is 2.29. The molecule has 6 heteroatoms. The summed E-state index contributed by atoms with van der Waals surface area (Å²) in [6, 6.07) is 0. The quantitative estimate of drug-likeness (QED) is 0.742. The van der Waals surface area contributed by atoms with Gasteiger partial charge in [-0.25, -0.2) is 4.39 Å². The average molecular weight is 234 g/mol. The van der Waals surface area contributed by atoms with E-state index in [0.29, 0.717) is 13.1 Å². The van der Waals surface area contributed by atoms with E-state index in [-0.39, 0.29) is 0 Å². The van der Waals surface area contributed by atoms with Crippen molar-refractivity contribution in [3.05, 3.63) is 0 Å². The van der Waals surface area contributed by atoms with Gasteiger partial charge in [0.1, 0.15) is 0 Å². The molecule has 1 rings (SSSR count). The van der Waals surface area contributed by atoms with Crippen LogP contribution in [0.1, 0.15) is 0 Å². The Morgan fingerprint density at radius 2 is 2.09 bits per heavy atom. The number of nitrogens with one attached hydrogen (secondary N) is 1. The first kappa shape index (κ1) is 9.28. The molecule has 1 aliphatic heterocycles. The topological polar surface area (TPSA) is 21.3 Å². The molecule has 0 aromatic heterocycles. The van der Waals surface area contributed by atoms with Crippen LogP contribution in [0.3, 0.4) is 0 Å². The van der Waals surface area contributed by atoms with Crippen LogP contribution in [-0.2, 0) is 4.74 Å². The Morgan fingerprint density at radius 3 is 2.36 bits per heavy atom. The lowest BCUT2D eigenvalue weighted by molar-refractivity contribution is -0.281. The summed E-state index contributed by atoms with van der Waals surface area (Å²) in [5.74, 6) is 0. The molecule has 11 heavy (non-hydrogen) atoms. The molecule has 1 unspecified atom stereocenters. The predicted molar refractivity (Wildman–Crippen MR) is 36.5 cm³/mol. The molecule has 0 aromatic rings. The number of rotatable bonds is 3.